The molecule has 0 radical (unpaired) electrons. The zero-order valence-corrected chi connectivity index (χ0v) is 13.9. The van der Waals surface area contributed by atoms with Crippen LogP contribution >= 0.6 is 23.2 Å². The third-order valence-electron chi connectivity index (χ3n) is 3.22. The third-order valence-corrected chi connectivity index (χ3v) is 3.82. The van der Waals surface area contributed by atoms with Gasteiger partial charge in [0.15, 0.2) is 0 Å². The highest BCUT2D eigenvalue weighted by Crippen LogP contribution is 2.31. The van der Waals surface area contributed by atoms with Crippen molar-refractivity contribution >= 4 is 23.2 Å². The lowest BCUT2D eigenvalue weighted by molar-refractivity contribution is 0.146. The smallest absolute Gasteiger partial charge is 0.269 e. The van der Waals surface area contributed by atoms with E-state index in [-0.39, 0.29) is 10.6 Å². The van der Waals surface area contributed by atoms with Crippen molar-refractivity contribution in [2.24, 2.45) is 0 Å². The molecule has 2 rings (SSSR count). The van der Waals surface area contributed by atoms with Gasteiger partial charge in [-0.2, -0.15) is 0 Å². The topological polar surface area (TPSA) is 40.5 Å². The molecule has 0 aliphatic heterocycles. The summed E-state index contributed by atoms with van der Waals surface area (Å²) in [6.45, 7) is 3.35. The number of pyridine rings is 1. The zero-order chi connectivity index (χ0) is 16.1. The van der Waals surface area contributed by atoms with Gasteiger partial charge >= 0.3 is 0 Å². The van der Waals surface area contributed by atoms with Gasteiger partial charge in [0.2, 0.25) is 0 Å². The quantitative estimate of drug-likeness (QED) is 0.749. The Morgan fingerprint density at radius 1 is 1.09 bits per heavy atom. The van der Waals surface area contributed by atoms with E-state index in [0.717, 1.165) is 11.3 Å². The van der Waals surface area contributed by atoms with Gasteiger partial charge in [-0.3, -0.25) is 4.79 Å². The van der Waals surface area contributed by atoms with E-state index in [1.54, 1.807) is 29.9 Å². The molecule has 4 nitrogen and oxygen atoms in total. The molecule has 0 atom stereocenters. The molecule has 0 fully saturated rings. The number of hydrogen-bond acceptors (Lipinski definition) is 3. The summed E-state index contributed by atoms with van der Waals surface area (Å²) >= 11 is 12.2. The van der Waals surface area contributed by atoms with Crippen molar-refractivity contribution in [2.45, 2.75) is 13.5 Å². The fourth-order valence-electron chi connectivity index (χ4n) is 2.14. The molecule has 1 heterocycles. The van der Waals surface area contributed by atoms with Crippen LogP contribution < -0.4 is 10.3 Å². The Balaban J connectivity index is 2.38. The maximum absolute atomic E-state index is 12.1. The predicted molar refractivity (Wildman–Crippen MR) is 89.2 cm³/mol. The lowest BCUT2D eigenvalue weighted by Crippen LogP contribution is -2.21. The number of halogens is 2. The van der Waals surface area contributed by atoms with E-state index < -0.39 is 0 Å². The van der Waals surface area contributed by atoms with E-state index in [9.17, 15) is 4.79 Å². The standard InChI is InChI=1S/C16H17Cl2NO3/c1-3-19-15(7-6-13(17)16(19)20)12-5-4-11(10-14(12)18)22-9-8-21-2/h4-7,10H,3,8-9H2,1-2H3. The maximum Gasteiger partial charge on any atom is 0.269 e. The first kappa shape index (κ1) is 16.9. The molecule has 0 aliphatic carbocycles. The molecule has 1 aromatic heterocycles. The molecule has 0 amide bonds. The molecule has 0 spiro atoms. The highest BCUT2D eigenvalue weighted by Gasteiger charge is 2.12. The number of ether oxygens (including phenoxy) is 2. The second-order valence-corrected chi connectivity index (χ2v) is 5.41. The van der Waals surface area contributed by atoms with Gasteiger partial charge in [-0.25, -0.2) is 0 Å². The van der Waals surface area contributed by atoms with Gasteiger partial charge in [0.25, 0.3) is 5.56 Å². The second kappa shape index (κ2) is 7.68. The fourth-order valence-corrected chi connectivity index (χ4v) is 2.57. The highest BCUT2D eigenvalue weighted by atomic mass is 35.5. The van der Waals surface area contributed by atoms with Crippen molar-refractivity contribution in [1.82, 2.24) is 4.57 Å². The van der Waals surface area contributed by atoms with Crippen molar-refractivity contribution in [3.8, 4) is 17.0 Å². The summed E-state index contributed by atoms with van der Waals surface area (Å²) < 4.78 is 12.0. The van der Waals surface area contributed by atoms with Crippen LogP contribution in [-0.2, 0) is 11.3 Å². The van der Waals surface area contributed by atoms with E-state index in [1.165, 1.54) is 0 Å². The van der Waals surface area contributed by atoms with E-state index in [4.69, 9.17) is 32.7 Å². The van der Waals surface area contributed by atoms with Crippen molar-refractivity contribution < 1.29 is 9.47 Å². The summed E-state index contributed by atoms with van der Waals surface area (Å²) in [7, 11) is 1.62. The van der Waals surface area contributed by atoms with Gasteiger partial charge in [0.05, 0.1) is 17.3 Å². The van der Waals surface area contributed by atoms with Gasteiger partial charge in [0, 0.05) is 19.2 Å². The lowest BCUT2D eigenvalue weighted by Gasteiger charge is -2.14. The number of aromatic nitrogens is 1. The Morgan fingerprint density at radius 3 is 2.50 bits per heavy atom. The van der Waals surface area contributed by atoms with Gasteiger partial charge < -0.3 is 14.0 Å². The van der Waals surface area contributed by atoms with E-state index >= 15 is 0 Å². The van der Waals surface area contributed by atoms with Crippen molar-refractivity contribution in [3.05, 3.63) is 50.7 Å². The first-order chi connectivity index (χ1) is 10.6. The average molecular weight is 342 g/mol. The first-order valence-electron chi connectivity index (χ1n) is 6.89. The molecule has 0 saturated heterocycles. The molecule has 0 saturated carbocycles. The highest BCUT2D eigenvalue weighted by molar-refractivity contribution is 6.33. The molecular formula is C16H17Cl2NO3. The average Bonchev–Trinajstić information content (AvgIpc) is 2.51. The molecule has 118 valence electrons. The van der Waals surface area contributed by atoms with Crippen LogP contribution in [0.25, 0.3) is 11.3 Å². The largest absolute Gasteiger partial charge is 0.491 e. The van der Waals surface area contributed by atoms with Gasteiger partial charge in [0.1, 0.15) is 17.4 Å². The minimum Gasteiger partial charge on any atom is -0.491 e. The van der Waals surface area contributed by atoms with Gasteiger partial charge in [-0.05, 0) is 37.3 Å². The molecule has 0 unspecified atom stereocenters. The Kier molecular flexibility index (Phi) is 5.89. The van der Waals surface area contributed by atoms with Crippen LogP contribution in [0.3, 0.4) is 0 Å². The van der Waals surface area contributed by atoms with E-state index in [2.05, 4.69) is 0 Å². The van der Waals surface area contributed by atoms with Crippen LogP contribution in [0.4, 0.5) is 0 Å². The molecule has 22 heavy (non-hydrogen) atoms. The normalized spacial score (nSPS) is 10.7. The monoisotopic (exact) mass is 341 g/mol. The number of benzene rings is 1. The Labute approximate surface area is 139 Å². The summed E-state index contributed by atoms with van der Waals surface area (Å²) in [4.78, 5) is 12.1. The van der Waals surface area contributed by atoms with Crippen LogP contribution in [0.1, 0.15) is 6.92 Å². The van der Waals surface area contributed by atoms with Crippen LogP contribution in [0.15, 0.2) is 35.1 Å². The number of hydrogen-bond donors (Lipinski definition) is 0. The minimum absolute atomic E-state index is 0.196. The number of rotatable bonds is 6. The molecule has 2 aromatic rings. The Hall–Kier alpha value is -1.49. The molecular weight excluding hydrogens is 325 g/mol. The molecule has 0 bridgehead atoms. The lowest BCUT2D eigenvalue weighted by atomic mass is 10.1. The summed E-state index contributed by atoms with van der Waals surface area (Å²) in [5, 5.41) is 0.708. The molecule has 0 N–H and O–H groups in total. The van der Waals surface area contributed by atoms with Crippen LogP contribution in [-0.4, -0.2) is 24.9 Å². The Bertz CT molecular complexity index is 713. The second-order valence-electron chi connectivity index (χ2n) is 4.60. The van der Waals surface area contributed by atoms with E-state index in [1.807, 2.05) is 19.1 Å². The van der Waals surface area contributed by atoms with Crippen molar-refractivity contribution in [2.75, 3.05) is 20.3 Å². The fraction of sp³-hybridized carbons (Fsp3) is 0.312. The minimum atomic E-state index is -0.224. The summed E-state index contributed by atoms with van der Waals surface area (Å²) in [5.74, 6) is 0.658. The molecule has 6 heteroatoms. The van der Waals surface area contributed by atoms with Crippen LogP contribution in [0.2, 0.25) is 10.0 Å². The summed E-state index contributed by atoms with van der Waals surface area (Å²) in [6.07, 6.45) is 0. The third kappa shape index (κ3) is 3.64. The SMILES string of the molecule is CCn1c(-c2ccc(OCCOC)cc2Cl)ccc(Cl)c1=O. The van der Waals surface area contributed by atoms with Crippen LogP contribution in [0, 0.1) is 0 Å². The molecule has 0 aliphatic rings. The summed E-state index contributed by atoms with van der Waals surface area (Å²) in [6, 6.07) is 8.76. The Morgan fingerprint density at radius 2 is 1.86 bits per heavy atom. The zero-order valence-electron chi connectivity index (χ0n) is 12.4. The van der Waals surface area contributed by atoms with Gasteiger partial charge in [-0.1, -0.05) is 23.2 Å². The first-order valence-corrected chi connectivity index (χ1v) is 7.65. The maximum atomic E-state index is 12.1. The molecule has 1 aromatic carbocycles. The van der Waals surface area contributed by atoms with E-state index in [0.29, 0.717) is 30.5 Å². The van der Waals surface area contributed by atoms with Crippen molar-refractivity contribution in [1.29, 1.82) is 0 Å². The summed E-state index contributed by atoms with van der Waals surface area (Å²) in [5.41, 5.74) is 1.26. The predicted octanol–water partition coefficient (Wildman–Crippen LogP) is 3.87. The number of methoxy groups -OCH3 is 1. The van der Waals surface area contributed by atoms with Crippen LogP contribution in [0.5, 0.6) is 5.75 Å². The van der Waals surface area contributed by atoms with Crippen molar-refractivity contribution in [3.63, 3.8) is 0 Å². The van der Waals surface area contributed by atoms with Gasteiger partial charge in [-0.15, -0.1) is 0 Å². The number of nitrogens with zero attached hydrogens (tertiary/aromatic N) is 1.